The third kappa shape index (κ3) is 3.53. The third-order valence-corrected chi connectivity index (χ3v) is 3.36. The van der Waals surface area contributed by atoms with E-state index in [1.54, 1.807) is 23.2 Å². The van der Waals surface area contributed by atoms with Gasteiger partial charge in [-0.3, -0.25) is 9.78 Å². The van der Waals surface area contributed by atoms with Gasteiger partial charge in [0.1, 0.15) is 24.7 Å². The van der Waals surface area contributed by atoms with Crippen molar-refractivity contribution >= 4 is 11.8 Å². The highest BCUT2D eigenvalue weighted by molar-refractivity contribution is 5.81. The molecule has 0 saturated heterocycles. The van der Waals surface area contributed by atoms with E-state index in [4.69, 9.17) is 0 Å². The number of hydrogen-bond acceptors (Lipinski definition) is 3. The molecule has 0 radical (unpaired) electrons. The highest BCUT2D eigenvalue weighted by Crippen LogP contribution is 2.08. The molecule has 1 atom stereocenters. The lowest BCUT2D eigenvalue weighted by atomic mass is 10.1. The Morgan fingerprint density at radius 1 is 1.43 bits per heavy atom. The molecule has 6 nitrogen and oxygen atoms in total. The van der Waals surface area contributed by atoms with Crippen LogP contribution in [0.4, 0.5) is 0 Å². The zero-order valence-electron chi connectivity index (χ0n) is 12.1. The molecule has 0 bridgehead atoms. The number of imidazole rings is 1. The van der Waals surface area contributed by atoms with E-state index in [1.807, 2.05) is 29.7 Å². The van der Waals surface area contributed by atoms with Crippen molar-refractivity contribution in [3.8, 4) is 0 Å². The predicted molar refractivity (Wildman–Crippen MR) is 74.7 cm³/mol. The quantitative estimate of drug-likeness (QED) is 0.809. The van der Waals surface area contributed by atoms with E-state index in [0.29, 0.717) is 6.54 Å². The number of hydrogen-bond donors (Lipinski definition) is 1. The molecule has 6 heteroatoms. The van der Waals surface area contributed by atoms with E-state index in [1.165, 1.54) is 6.92 Å². The number of Topliss-reactive ketones (excluding diaryl/α,β-unsaturated/α-hetero) is 1. The fourth-order valence-electron chi connectivity index (χ4n) is 2.26. The smallest absolute Gasteiger partial charge is 0.349 e. The molecule has 0 aromatic carbocycles. The Morgan fingerprint density at radius 2 is 2.19 bits per heavy atom. The molecule has 110 valence electrons. The van der Waals surface area contributed by atoms with E-state index >= 15 is 0 Å². The van der Waals surface area contributed by atoms with Crippen molar-refractivity contribution in [1.82, 2.24) is 9.55 Å². The van der Waals surface area contributed by atoms with Gasteiger partial charge in [0.25, 0.3) is 5.82 Å². The number of carbonyl (C=O) groups excluding carboxylic acids is 1. The Hall–Kier alpha value is -2.50. The maximum absolute atomic E-state index is 11.4. The summed E-state index contributed by atoms with van der Waals surface area (Å²) in [7, 11) is 0. The van der Waals surface area contributed by atoms with Gasteiger partial charge in [-0.05, 0) is 19.1 Å². The van der Waals surface area contributed by atoms with Crippen molar-refractivity contribution in [2.75, 3.05) is 0 Å². The molecule has 0 amide bonds. The van der Waals surface area contributed by atoms with Gasteiger partial charge in [-0.15, -0.1) is 0 Å². The van der Waals surface area contributed by atoms with Crippen molar-refractivity contribution in [2.24, 2.45) is 0 Å². The van der Waals surface area contributed by atoms with E-state index in [2.05, 4.69) is 4.98 Å². The largest absolute Gasteiger partial charge is 0.478 e. The van der Waals surface area contributed by atoms with Crippen LogP contribution in [0.15, 0.2) is 36.8 Å². The Kier molecular flexibility index (Phi) is 4.47. The van der Waals surface area contributed by atoms with Crippen LogP contribution in [0.5, 0.6) is 0 Å². The molecule has 2 aromatic heterocycles. The van der Waals surface area contributed by atoms with Crippen LogP contribution in [0.1, 0.15) is 30.9 Å². The highest BCUT2D eigenvalue weighted by atomic mass is 16.4. The summed E-state index contributed by atoms with van der Waals surface area (Å²) in [5, 5.41) is 9.30. The van der Waals surface area contributed by atoms with E-state index in [9.17, 15) is 14.7 Å². The summed E-state index contributed by atoms with van der Waals surface area (Å²) in [6.45, 7) is 3.79. The molecule has 0 aliphatic rings. The zero-order valence-corrected chi connectivity index (χ0v) is 12.1. The van der Waals surface area contributed by atoms with Gasteiger partial charge < -0.3 is 5.11 Å². The normalized spacial score (nSPS) is 12.1. The molecular formula is C15H18N3O3+. The minimum Gasteiger partial charge on any atom is -0.478 e. The summed E-state index contributed by atoms with van der Waals surface area (Å²) < 4.78 is 3.53. The van der Waals surface area contributed by atoms with Gasteiger partial charge in [0.05, 0.1) is 12.1 Å². The number of pyridine rings is 1. The summed E-state index contributed by atoms with van der Waals surface area (Å²) in [4.78, 5) is 26.9. The minimum atomic E-state index is -1.01. The average Bonchev–Trinajstić information content (AvgIpc) is 2.78. The van der Waals surface area contributed by atoms with Crippen LogP contribution in [-0.2, 0) is 16.1 Å². The second-order valence-corrected chi connectivity index (χ2v) is 4.96. The van der Waals surface area contributed by atoms with Crippen LogP contribution >= 0.6 is 0 Å². The molecule has 2 heterocycles. The van der Waals surface area contributed by atoms with Gasteiger partial charge in [0, 0.05) is 13.1 Å². The Labute approximate surface area is 122 Å². The van der Waals surface area contributed by atoms with Gasteiger partial charge in [0.2, 0.25) is 6.04 Å². The molecule has 0 aliphatic carbocycles. The lowest BCUT2D eigenvalue weighted by Gasteiger charge is -2.08. The van der Waals surface area contributed by atoms with Gasteiger partial charge in [-0.1, -0.05) is 6.07 Å². The van der Waals surface area contributed by atoms with E-state index in [-0.39, 0.29) is 12.2 Å². The number of nitrogens with zero attached hydrogens (tertiary/aromatic N) is 3. The van der Waals surface area contributed by atoms with Gasteiger partial charge >= 0.3 is 5.97 Å². The van der Waals surface area contributed by atoms with Gasteiger partial charge in [0.15, 0.2) is 0 Å². The molecular weight excluding hydrogens is 270 g/mol. The fraction of sp³-hybridized carbons (Fsp3) is 0.333. The van der Waals surface area contributed by atoms with Crippen molar-refractivity contribution in [3.05, 3.63) is 48.3 Å². The fourth-order valence-corrected chi connectivity index (χ4v) is 2.26. The Balaban J connectivity index is 2.26. The monoisotopic (exact) mass is 288 g/mol. The summed E-state index contributed by atoms with van der Waals surface area (Å²) >= 11 is 0. The van der Waals surface area contributed by atoms with Crippen LogP contribution in [-0.4, -0.2) is 26.4 Å². The Morgan fingerprint density at radius 3 is 2.76 bits per heavy atom. The number of carbonyl (C=O) groups is 2. The van der Waals surface area contributed by atoms with Gasteiger partial charge in [-0.25, -0.2) is 13.9 Å². The number of aromatic nitrogens is 3. The second kappa shape index (κ2) is 6.30. The molecule has 0 aliphatic heterocycles. The van der Waals surface area contributed by atoms with Crippen molar-refractivity contribution in [3.63, 3.8) is 0 Å². The SMILES string of the molecule is CC(=O)CC(C(=O)O)[n+]1ccn(Cc2ccccn2)c1C. The summed E-state index contributed by atoms with van der Waals surface area (Å²) in [6.07, 6.45) is 5.20. The van der Waals surface area contributed by atoms with E-state index < -0.39 is 12.0 Å². The average molecular weight is 288 g/mol. The summed E-state index contributed by atoms with van der Waals surface area (Å²) in [5.74, 6) is -0.380. The highest BCUT2D eigenvalue weighted by Gasteiger charge is 2.29. The van der Waals surface area contributed by atoms with Crippen molar-refractivity contribution in [2.45, 2.75) is 32.9 Å². The summed E-state index contributed by atoms with van der Waals surface area (Å²) in [6, 6.07) is 4.80. The lowest BCUT2D eigenvalue weighted by molar-refractivity contribution is -0.715. The first-order chi connectivity index (χ1) is 9.99. The topological polar surface area (TPSA) is 76.1 Å². The molecule has 0 spiro atoms. The van der Waals surface area contributed by atoms with E-state index in [0.717, 1.165) is 11.5 Å². The molecule has 2 aromatic rings. The lowest BCUT2D eigenvalue weighted by Crippen LogP contribution is -2.46. The molecule has 1 N–H and O–H groups in total. The number of ketones is 1. The van der Waals surface area contributed by atoms with Gasteiger partial charge in [-0.2, -0.15) is 0 Å². The zero-order chi connectivity index (χ0) is 15.4. The Bertz CT molecular complexity index is 649. The number of carboxylic acids is 1. The molecule has 2 rings (SSSR count). The summed E-state index contributed by atoms with van der Waals surface area (Å²) in [5.41, 5.74) is 0.891. The predicted octanol–water partition coefficient (Wildman–Crippen LogP) is 1.13. The van der Waals surface area contributed by atoms with Crippen molar-refractivity contribution in [1.29, 1.82) is 0 Å². The maximum atomic E-state index is 11.4. The van der Waals surface area contributed by atoms with Crippen LogP contribution in [0.25, 0.3) is 0 Å². The first kappa shape index (κ1) is 14.9. The molecule has 21 heavy (non-hydrogen) atoms. The van der Waals surface area contributed by atoms with Crippen molar-refractivity contribution < 1.29 is 19.3 Å². The molecule has 0 fully saturated rings. The minimum absolute atomic E-state index is 0.0194. The van der Waals surface area contributed by atoms with Crippen LogP contribution in [0.2, 0.25) is 0 Å². The standard InChI is InChI=1S/C15H17N3O3/c1-11(19)9-14(15(20)21)18-8-7-17(12(18)2)10-13-5-3-4-6-16-13/h3-8,14H,9-10H2,1-2H3/p+1. The molecule has 1 unspecified atom stereocenters. The number of aliphatic carboxylic acids is 1. The third-order valence-electron chi connectivity index (χ3n) is 3.36. The number of carboxylic acid groups (broad SMARTS) is 1. The second-order valence-electron chi connectivity index (χ2n) is 4.96. The maximum Gasteiger partial charge on any atom is 0.349 e. The van der Waals surface area contributed by atoms with Crippen LogP contribution in [0, 0.1) is 6.92 Å². The van der Waals surface area contributed by atoms with Crippen LogP contribution < -0.4 is 4.57 Å². The first-order valence-electron chi connectivity index (χ1n) is 6.68. The first-order valence-corrected chi connectivity index (χ1v) is 6.68. The molecule has 0 saturated carbocycles. The number of rotatable bonds is 6. The van der Waals surface area contributed by atoms with Crippen LogP contribution in [0.3, 0.4) is 0 Å².